The quantitative estimate of drug-likeness (QED) is 0.309. The molecular weight excluding hydrogens is 444 g/mol. The summed E-state index contributed by atoms with van der Waals surface area (Å²) < 4.78 is 0. The van der Waals surface area contributed by atoms with Crippen LogP contribution in [0.25, 0.3) is 11.1 Å². The Morgan fingerprint density at radius 3 is 2.51 bits per heavy atom. The molecular formula is C37H42. The molecule has 0 amide bonds. The summed E-state index contributed by atoms with van der Waals surface area (Å²) in [6.45, 7) is 11.1. The van der Waals surface area contributed by atoms with Crippen molar-refractivity contribution in [3.05, 3.63) is 143 Å². The van der Waals surface area contributed by atoms with Crippen LogP contribution in [0.4, 0.5) is 0 Å². The summed E-state index contributed by atoms with van der Waals surface area (Å²) in [5, 5.41) is 0. The minimum Gasteiger partial charge on any atom is -0.0991 e. The Kier molecular flexibility index (Phi) is 9.55. The van der Waals surface area contributed by atoms with Gasteiger partial charge in [-0.3, -0.25) is 0 Å². The molecule has 0 spiro atoms. The first kappa shape index (κ1) is 26.7. The Labute approximate surface area is 225 Å². The Morgan fingerprint density at radius 1 is 1.00 bits per heavy atom. The highest BCUT2D eigenvalue weighted by Gasteiger charge is 2.19. The molecule has 0 radical (unpaired) electrons. The van der Waals surface area contributed by atoms with Crippen molar-refractivity contribution in [3.63, 3.8) is 0 Å². The minimum absolute atomic E-state index is 0.334. The van der Waals surface area contributed by atoms with E-state index >= 15 is 0 Å². The maximum Gasteiger partial charge on any atom is 0.00559 e. The van der Waals surface area contributed by atoms with Gasteiger partial charge in [0.15, 0.2) is 0 Å². The molecule has 0 N–H and O–H groups in total. The summed E-state index contributed by atoms with van der Waals surface area (Å²) in [6, 6.07) is 20.0. The number of rotatable bonds is 9. The molecule has 0 fully saturated rings. The van der Waals surface area contributed by atoms with Gasteiger partial charge in [0.2, 0.25) is 0 Å². The lowest BCUT2D eigenvalue weighted by molar-refractivity contribution is 0.701. The van der Waals surface area contributed by atoms with Crippen LogP contribution in [-0.4, -0.2) is 0 Å². The molecule has 0 heteroatoms. The van der Waals surface area contributed by atoms with Gasteiger partial charge in [-0.15, -0.1) is 0 Å². The van der Waals surface area contributed by atoms with Gasteiger partial charge in [-0.2, -0.15) is 0 Å². The summed E-state index contributed by atoms with van der Waals surface area (Å²) in [7, 11) is 0. The summed E-state index contributed by atoms with van der Waals surface area (Å²) in [5.74, 6) is 0.786. The summed E-state index contributed by atoms with van der Waals surface area (Å²) in [5.41, 5.74) is 11.2. The first-order chi connectivity index (χ1) is 18.1. The first-order valence-corrected chi connectivity index (χ1v) is 14.0. The monoisotopic (exact) mass is 486 g/mol. The van der Waals surface area contributed by atoms with Crippen LogP contribution in [0.2, 0.25) is 0 Å². The van der Waals surface area contributed by atoms with Gasteiger partial charge in [-0.25, -0.2) is 0 Å². The van der Waals surface area contributed by atoms with Crippen molar-refractivity contribution >= 4 is 11.1 Å². The Morgan fingerprint density at radius 2 is 1.81 bits per heavy atom. The molecule has 2 atom stereocenters. The highest BCUT2D eigenvalue weighted by atomic mass is 14.2. The van der Waals surface area contributed by atoms with E-state index in [1.165, 1.54) is 64.7 Å². The van der Waals surface area contributed by atoms with Crippen LogP contribution in [-0.2, 0) is 0 Å². The second kappa shape index (κ2) is 13.2. The van der Waals surface area contributed by atoms with E-state index in [-0.39, 0.29) is 0 Å². The predicted octanol–water partition coefficient (Wildman–Crippen LogP) is 10.8. The summed E-state index contributed by atoms with van der Waals surface area (Å²) in [6.07, 6.45) is 25.0. The van der Waals surface area contributed by atoms with Crippen molar-refractivity contribution in [2.75, 3.05) is 0 Å². The highest BCUT2D eigenvalue weighted by Crippen LogP contribution is 2.37. The van der Waals surface area contributed by atoms with E-state index < -0.39 is 0 Å². The lowest BCUT2D eigenvalue weighted by Gasteiger charge is -2.24. The molecule has 0 saturated carbocycles. The van der Waals surface area contributed by atoms with Crippen LogP contribution in [0.5, 0.6) is 0 Å². The second-order valence-corrected chi connectivity index (χ2v) is 10.4. The highest BCUT2D eigenvalue weighted by molar-refractivity contribution is 5.75. The summed E-state index contributed by atoms with van der Waals surface area (Å²) >= 11 is 0. The molecule has 2 aliphatic rings. The van der Waals surface area contributed by atoms with Gasteiger partial charge in [0.25, 0.3) is 0 Å². The molecule has 190 valence electrons. The molecule has 4 rings (SSSR count). The Hall–Kier alpha value is -3.38. The van der Waals surface area contributed by atoms with Crippen LogP contribution in [0, 0.1) is 5.92 Å². The van der Waals surface area contributed by atoms with E-state index in [9.17, 15) is 0 Å². The molecule has 37 heavy (non-hydrogen) atoms. The number of allylic oxidation sites excluding steroid dienone is 13. The van der Waals surface area contributed by atoms with Gasteiger partial charge in [0.1, 0.15) is 0 Å². The van der Waals surface area contributed by atoms with Crippen LogP contribution in [0.15, 0.2) is 127 Å². The van der Waals surface area contributed by atoms with Gasteiger partial charge in [0.05, 0.1) is 0 Å². The Bertz CT molecular complexity index is 1260. The molecule has 2 unspecified atom stereocenters. The molecule has 0 aliphatic heterocycles. The average molecular weight is 487 g/mol. The third-order valence-corrected chi connectivity index (χ3v) is 8.11. The van der Waals surface area contributed by atoms with Crippen LogP contribution in [0.1, 0.15) is 81.9 Å². The largest absolute Gasteiger partial charge is 0.0991 e. The first-order valence-electron chi connectivity index (χ1n) is 14.0. The second-order valence-electron chi connectivity index (χ2n) is 10.4. The zero-order valence-electron chi connectivity index (χ0n) is 22.9. The van der Waals surface area contributed by atoms with Crippen molar-refractivity contribution in [1.82, 2.24) is 0 Å². The van der Waals surface area contributed by atoms with E-state index in [1.54, 1.807) is 5.57 Å². The molecule has 0 heterocycles. The van der Waals surface area contributed by atoms with E-state index in [4.69, 9.17) is 0 Å². The van der Waals surface area contributed by atoms with Gasteiger partial charge in [-0.1, -0.05) is 122 Å². The molecule has 2 aliphatic carbocycles. The van der Waals surface area contributed by atoms with Crippen molar-refractivity contribution in [3.8, 4) is 0 Å². The van der Waals surface area contributed by atoms with Gasteiger partial charge < -0.3 is 0 Å². The lowest BCUT2D eigenvalue weighted by atomic mass is 9.81. The van der Waals surface area contributed by atoms with Crippen molar-refractivity contribution in [1.29, 1.82) is 0 Å². The van der Waals surface area contributed by atoms with E-state index in [2.05, 4.69) is 124 Å². The van der Waals surface area contributed by atoms with Gasteiger partial charge in [0, 0.05) is 11.8 Å². The van der Waals surface area contributed by atoms with Crippen molar-refractivity contribution in [2.45, 2.75) is 65.2 Å². The number of hydrogen-bond acceptors (Lipinski definition) is 0. The fourth-order valence-electron chi connectivity index (χ4n) is 5.61. The van der Waals surface area contributed by atoms with Crippen molar-refractivity contribution in [2.24, 2.45) is 5.92 Å². The van der Waals surface area contributed by atoms with E-state index in [0.717, 1.165) is 12.8 Å². The third-order valence-electron chi connectivity index (χ3n) is 8.11. The maximum atomic E-state index is 3.99. The zero-order valence-corrected chi connectivity index (χ0v) is 22.9. The molecule has 0 bridgehead atoms. The number of benzene rings is 2. The van der Waals surface area contributed by atoms with E-state index in [0.29, 0.717) is 11.8 Å². The van der Waals surface area contributed by atoms with Gasteiger partial charge in [-0.05, 0) is 91.4 Å². The molecule has 0 nitrogen and oxygen atoms in total. The molecule has 0 aromatic heterocycles. The third kappa shape index (κ3) is 6.89. The van der Waals surface area contributed by atoms with E-state index in [1.807, 2.05) is 6.08 Å². The standard InChI is InChI=1S/C37H42/c1-5-16-32(33-19-11-7-12-20-33)25-26-37(30(4)28(2)29(3)31-17-9-6-10-18-31)36-24-15-23-35(27-36)34-21-13-8-14-22-34/h5,7-8,11-17,19-21,23-24,26-27,30,34H,1,6,9-10,18,22,25H2,2-4H3. The van der Waals surface area contributed by atoms with Gasteiger partial charge >= 0.3 is 0 Å². The smallest absolute Gasteiger partial charge is 0.00559 e. The predicted molar refractivity (Wildman–Crippen MR) is 163 cm³/mol. The SMILES string of the molecule is C=CC=C(CC=C(c1cccc(C2C=CC=CC2)c1)C(C)C(C)=C(C)C1=CCCCC1)c1ccccc1. The molecule has 2 aromatic rings. The van der Waals surface area contributed by atoms with Crippen LogP contribution in [0.3, 0.4) is 0 Å². The average Bonchev–Trinajstić information content (AvgIpc) is 2.97. The fourth-order valence-corrected chi connectivity index (χ4v) is 5.61. The normalized spacial score (nSPS) is 19.8. The van der Waals surface area contributed by atoms with Crippen LogP contribution < -0.4 is 0 Å². The fraction of sp³-hybridized carbons (Fsp3) is 0.297. The molecule has 2 aromatic carbocycles. The maximum absolute atomic E-state index is 3.99. The Balaban J connectivity index is 1.74. The minimum atomic E-state index is 0.334. The number of hydrogen-bond donors (Lipinski definition) is 0. The van der Waals surface area contributed by atoms with Crippen LogP contribution >= 0.6 is 0 Å². The zero-order chi connectivity index (χ0) is 26.0. The lowest BCUT2D eigenvalue weighted by Crippen LogP contribution is -2.06. The topological polar surface area (TPSA) is 0 Å². The molecule has 0 saturated heterocycles. The summed E-state index contributed by atoms with van der Waals surface area (Å²) in [4.78, 5) is 0. The van der Waals surface area contributed by atoms with Crippen molar-refractivity contribution < 1.29 is 0 Å².